The summed E-state index contributed by atoms with van der Waals surface area (Å²) in [7, 11) is 0. The van der Waals surface area contributed by atoms with Gasteiger partial charge in [-0.25, -0.2) is 0 Å². The van der Waals surface area contributed by atoms with E-state index in [1.165, 1.54) is 0 Å². The number of primary amides is 1. The van der Waals surface area contributed by atoms with Crippen molar-refractivity contribution in [2.45, 2.75) is 13.5 Å². The second-order valence-corrected chi connectivity index (χ2v) is 3.64. The van der Waals surface area contributed by atoms with Crippen LogP contribution in [0.5, 0.6) is 0 Å². The van der Waals surface area contributed by atoms with Gasteiger partial charge in [-0.05, 0) is 38.8 Å². The van der Waals surface area contributed by atoms with E-state index in [0.29, 0.717) is 21.3 Å². The summed E-state index contributed by atoms with van der Waals surface area (Å²) >= 11 is 6.38. The molecular weight excluding hydrogens is 290 g/mol. The van der Waals surface area contributed by atoms with Gasteiger partial charge in [0.2, 0.25) is 0 Å². The van der Waals surface area contributed by atoms with E-state index in [-0.39, 0.29) is 0 Å². The van der Waals surface area contributed by atoms with Gasteiger partial charge >= 0.3 is 0 Å². The molecule has 66 valence electrons. The maximum atomic E-state index is 10.9. The standard InChI is InChI=1S/C6H7Br2N3O/c1-2-11-5(8)3(6(9)12)4(7)10-11/h2H2,1H3,(H2,9,12). The Morgan fingerprint density at radius 1 is 1.67 bits per heavy atom. The first-order valence-corrected chi connectivity index (χ1v) is 4.88. The van der Waals surface area contributed by atoms with Crippen molar-refractivity contribution in [2.75, 3.05) is 0 Å². The molecule has 0 fully saturated rings. The number of halogens is 2. The summed E-state index contributed by atoms with van der Waals surface area (Å²) in [5, 5.41) is 4.04. The minimum absolute atomic E-state index is 0.386. The molecule has 1 aromatic rings. The van der Waals surface area contributed by atoms with Gasteiger partial charge in [0.05, 0.1) is 0 Å². The molecule has 4 nitrogen and oxygen atoms in total. The summed E-state index contributed by atoms with van der Waals surface area (Å²) in [4.78, 5) is 10.9. The van der Waals surface area contributed by atoms with Crippen molar-refractivity contribution in [1.82, 2.24) is 9.78 Å². The van der Waals surface area contributed by atoms with Crippen molar-refractivity contribution in [3.05, 3.63) is 14.8 Å². The van der Waals surface area contributed by atoms with Gasteiger partial charge in [0.15, 0.2) is 0 Å². The lowest BCUT2D eigenvalue weighted by atomic mass is 10.3. The van der Waals surface area contributed by atoms with Crippen LogP contribution in [0.15, 0.2) is 9.21 Å². The summed E-state index contributed by atoms with van der Waals surface area (Å²) in [5.74, 6) is -0.492. The van der Waals surface area contributed by atoms with Crippen LogP contribution in [-0.2, 0) is 6.54 Å². The molecule has 12 heavy (non-hydrogen) atoms. The maximum Gasteiger partial charge on any atom is 0.254 e. The molecule has 0 bridgehead atoms. The smallest absolute Gasteiger partial charge is 0.254 e. The Balaban J connectivity index is 3.28. The largest absolute Gasteiger partial charge is 0.365 e. The molecule has 0 unspecified atom stereocenters. The number of nitrogens with zero attached hydrogens (tertiary/aromatic N) is 2. The Labute approximate surface area is 86.4 Å². The van der Waals surface area contributed by atoms with Crippen LogP contribution in [0, 0.1) is 0 Å². The van der Waals surface area contributed by atoms with Gasteiger partial charge in [-0.2, -0.15) is 5.10 Å². The van der Waals surface area contributed by atoms with Gasteiger partial charge in [0.1, 0.15) is 14.8 Å². The number of carbonyl (C=O) groups is 1. The maximum absolute atomic E-state index is 10.9. The lowest BCUT2D eigenvalue weighted by Gasteiger charge is -1.95. The van der Waals surface area contributed by atoms with Gasteiger partial charge in [-0.1, -0.05) is 0 Å². The van der Waals surface area contributed by atoms with Crippen molar-refractivity contribution in [2.24, 2.45) is 5.73 Å². The fourth-order valence-corrected chi connectivity index (χ4v) is 2.38. The normalized spacial score (nSPS) is 10.2. The molecular formula is C6H7Br2N3O. The number of hydrogen-bond acceptors (Lipinski definition) is 2. The van der Waals surface area contributed by atoms with Crippen LogP contribution in [0.3, 0.4) is 0 Å². The molecule has 0 aliphatic rings. The molecule has 1 rings (SSSR count). The molecule has 0 aliphatic carbocycles. The highest BCUT2D eigenvalue weighted by atomic mass is 79.9. The van der Waals surface area contributed by atoms with Crippen molar-refractivity contribution in [1.29, 1.82) is 0 Å². The third kappa shape index (κ3) is 1.54. The van der Waals surface area contributed by atoms with E-state index in [9.17, 15) is 4.79 Å². The number of hydrogen-bond donors (Lipinski definition) is 1. The van der Waals surface area contributed by atoms with Gasteiger partial charge in [-0.3, -0.25) is 9.48 Å². The first-order valence-electron chi connectivity index (χ1n) is 3.29. The minimum Gasteiger partial charge on any atom is -0.365 e. The van der Waals surface area contributed by atoms with Crippen molar-refractivity contribution >= 4 is 37.8 Å². The topological polar surface area (TPSA) is 60.9 Å². The van der Waals surface area contributed by atoms with E-state index in [2.05, 4.69) is 37.0 Å². The molecule has 0 aliphatic heterocycles. The molecule has 0 spiro atoms. The van der Waals surface area contributed by atoms with E-state index in [4.69, 9.17) is 5.73 Å². The lowest BCUT2D eigenvalue weighted by Crippen LogP contribution is -2.11. The van der Waals surface area contributed by atoms with Gasteiger partial charge in [0.25, 0.3) is 5.91 Å². The molecule has 0 radical (unpaired) electrons. The molecule has 6 heteroatoms. The summed E-state index contributed by atoms with van der Waals surface area (Å²) in [6, 6.07) is 0. The summed E-state index contributed by atoms with van der Waals surface area (Å²) in [6.07, 6.45) is 0. The summed E-state index contributed by atoms with van der Waals surface area (Å²) in [5.41, 5.74) is 5.52. The molecule has 0 atom stereocenters. The summed E-state index contributed by atoms with van der Waals surface area (Å²) < 4.78 is 2.73. The van der Waals surface area contributed by atoms with Crippen molar-refractivity contribution < 1.29 is 4.79 Å². The Morgan fingerprint density at radius 3 is 2.50 bits per heavy atom. The zero-order valence-corrected chi connectivity index (χ0v) is 9.52. The molecule has 1 amide bonds. The second kappa shape index (κ2) is 3.57. The first-order chi connectivity index (χ1) is 5.57. The van der Waals surface area contributed by atoms with Crippen LogP contribution in [0.4, 0.5) is 0 Å². The van der Waals surface area contributed by atoms with E-state index in [1.807, 2.05) is 6.92 Å². The quantitative estimate of drug-likeness (QED) is 0.899. The number of amides is 1. The fraction of sp³-hybridized carbons (Fsp3) is 0.333. The third-order valence-electron chi connectivity index (χ3n) is 1.39. The van der Waals surface area contributed by atoms with E-state index in [1.54, 1.807) is 4.68 Å². The zero-order valence-electron chi connectivity index (χ0n) is 6.34. The van der Waals surface area contributed by atoms with E-state index >= 15 is 0 Å². The van der Waals surface area contributed by atoms with Gasteiger partial charge in [-0.15, -0.1) is 0 Å². The van der Waals surface area contributed by atoms with Gasteiger partial charge in [0, 0.05) is 6.54 Å². The highest BCUT2D eigenvalue weighted by Crippen LogP contribution is 2.24. The van der Waals surface area contributed by atoms with Crippen molar-refractivity contribution in [3.8, 4) is 0 Å². The minimum atomic E-state index is -0.492. The predicted octanol–water partition coefficient (Wildman–Crippen LogP) is 1.53. The van der Waals surface area contributed by atoms with Gasteiger partial charge < -0.3 is 5.73 Å². The van der Waals surface area contributed by atoms with Crippen LogP contribution in [0.2, 0.25) is 0 Å². The second-order valence-electron chi connectivity index (χ2n) is 2.14. The number of nitrogens with two attached hydrogens (primary N) is 1. The average molecular weight is 297 g/mol. The average Bonchev–Trinajstić information content (AvgIpc) is 2.25. The Bertz CT molecular complexity index is 321. The molecule has 0 aromatic carbocycles. The Morgan fingerprint density at radius 2 is 2.25 bits per heavy atom. The number of aryl methyl sites for hydroxylation is 1. The molecule has 0 saturated heterocycles. The number of carbonyl (C=O) groups excluding carboxylic acids is 1. The highest BCUT2D eigenvalue weighted by molar-refractivity contribution is 9.11. The zero-order chi connectivity index (χ0) is 9.30. The Kier molecular flexibility index (Phi) is 2.89. The monoisotopic (exact) mass is 295 g/mol. The summed E-state index contributed by atoms with van der Waals surface area (Å²) in [6.45, 7) is 2.61. The van der Waals surface area contributed by atoms with Crippen LogP contribution < -0.4 is 5.73 Å². The molecule has 0 saturated carbocycles. The first kappa shape index (κ1) is 9.73. The van der Waals surface area contributed by atoms with Crippen LogP contribution in [0.1, 0.15) is 17.3 Å². The van der Waals surface area contributed by atoms with Crippen LogP contribution in [0.25, 0.3) is 0 Å². The predicted molar refractivity (Wildman–Crippen MR) is 51.8 cm³/mol. The number of aromatic nitrogens is 2. The van der Waals surface area contributed by atoms with E-state index in [0.717, 1.165) is 0 Å². The van der Waals surface area contributed by atoms with Crippen LogP contribution >= 0.6 is 31.9 Å². The Hall–Kier alpha value is -0.360. The molecule has 1 aromatic heterocycles. The highest BCUT2D eigenvalue weighted by Gasteiger charge is 2.17. The third-order valence-corrected chi connectivity index (χ3v) is 2.75. The molecule has 1 heterocycles. The molecule has 2 N–H and O–H groups in total. The fourth-order valence-electron chi connectivity index (χ4n) is 0.827. The van der Waals surface area contributed by atoms with Crippen LogP contribution in [-0.4, -0.2) is 15.7 Å². The van der Waals surface area contributed by atoms with Crippen molar-refractivity contribution in [3.63, 3.8) is 0 Å². The van der Waals surface area contributed by atoms with E-state index < -0.39 is 5.91 Å². The number of rotatable bonds is 2. The lowest BCUT2D eigenvalue weighted by molar-refractivity contribution is 0.0998. The SMILES string of the molecule is CCn1nc(Br)c(C(N)=O)c1Br.